The molecule has 1 amide bonds. The highest BCUT2D eigenvalue weighted by Crippen LogP contribution is 2.43. The first-order chi connectivity index (χ1) is 13.1. The van der Waals surface area contributed by atoms with Crippen molar-refractivity contribution in [3.8, 4) is 11.4 Å². The third-order valence-electron chi connectivity index (χ3n) is 5.30. The van der Waals surface area contributed by atoms with Crippen molar-refractivity contribution in [3.63, 3.8) is 0 Å². The van der Waals surface area contributed by atoms with Crippen molar-refractivity contribution in [2.75, 3.05) is 13.1 Å². The average molecular weight is 361 g/mol. The van der Waals surface area contributed by atoms with E-state index in [-0.39, 0.29) is 5.91 Å². The third-order valence-corrected chi connectivity index (χ3v) is 5.30. The molecule has 2 aromatic heterocycles. The van der Waals surface area contributed by atoms with Gasteiger partial charge in [0.05, 0.1) is 36.6 Å². The van der Waals surface area contributed by atoms with Gasteiger partial charge in [-0.25, -0.2) is 9.97 Å². The molecule has 0 aliphatic carbocycles. The van der Waals surface area contributed by atoms with E-state index in [1.165, 1.54) is 0 Å². The summed E-state index contributed by atoms with van der Waals surface area (Å²) in [5.74, 6) is 0.693. The Bertz CT molecular complexity index is 1040. The predicted octanol–water partition coefficient (Wildman–Crippen LogP) is 2.07. The van der Waals surface area contributed by atoms with Crippen LogP contribution in [0.15, 0.2) is 42.7 Å². The van der Waals surface area contributed by atoms with E-state index in [9.17, 15) is 4.79 Å². The van der Waals surface area contributed by atoms with Crippen molar-refractivity contribution >= 4 is 5.91 Å². The number of ether oxygens (including phenoxy) is 1. The van der Waals surface area contributed by atoms with E-state index >= 15 is 0 Å². The lowest BCUT2D eigenvalue weighted by atomic mass is 9.87. The summed E-state index contributed by atoms with van der Waals surface area (Å²) in [6.45, 7) is 3.33. The van der Waals surface area contributed by atoms with Crippen molar-refractivity contribution < 1.29 is 9.53 Å². The van der Waals surface area contributed by atoms with Gasteiger partial charge in [-0.05, 0) is 6.92 Å². The van der Waals surface area contributed by atoms with E-state index in [2.05, 4.69) is 10.1 Å². The van der Waals surface area contributed by atoms with Crippen LogP contribution in [0.3, 0.4) is 0 Å². The Kier molecular flexibility index (Phi) is 3.42. The quantitative estimate of drug-likeness (QED) is 0.699. The van der Waals surface area contributed by atoms with Gasteiger partial charge in [0.25, 0.3) is 5.91 Å². The van der Waals surface area contributed by atoms with Gasteiger partial charge < -0.3 is 9.64 Å². The number of amides is 1. The molecule has 0 radical (unpaired) electrons. The van der Waals surface area contributed by atoms with Crippen molar-refractivity contribution in [3.05, 3.63) is 65.2 Å². The summed E-state index contributed by atoms with van der Waals surface area (Å²) in [4.78, 5) is 23.8. The van der Waals surface area contributed by atoms with Gasteiger partial charge in [-0.3, -0.25) is 9.48 Å². The first-order valence-electron chi connectivity index (χ1n) is 8.91. The molecule has 0 atom stereocenters. The van der Waals surface area contributed by atoms with Crippen LogP contribution in [0.1, 0.15) is 27.3 Å². The van der Waals surface area contributed by atoms with Crippen molar-refractivity contribution in [2.24, 2.45) is 7.05 Å². The van der Waals surface area contributed by atoms with E-state index in [0.29, 0.717) is 31.1 Å². The molecule has 0 saturated carbocycles. The van der Waals surface area contributed by atoms with Gasteiger partial charge in [-0.15, -0.1) is 0 Å². The molecule has 7 heteroatoms. The van der Waals surface area contributed by atoms with Crippen LogP contribution in [-0.4, -0.2) is 43.6 Å². The summed E-state index contributed by atoms with van der Waals surface area (Å²) in [5.41, 5.74) is 3.80. The van der Waals surface area contributed by atoms with Gasteiger partial charge in [0, 0.05) is 30.6 Å². The molecular weight excluding hydrogens is 342 g/mol. The van der Waals surface area contributed by atoms with E-state index < -0.39 is 5.60 Å². The standard InChI is InChI=1S/C20H19N5O2/c1-13-15(9-24(2)23-13)19(26)25-11-20(12-25)16-8-21-18(22-17(16)10-27-20)14-6-4-3-5-7-14/h3-9H,10-12H2,1-2H3. The Morgan fingerprint density at radius 2 is 2.00 bits per heavy atom. The number of aryl methyl sites for hydroxylation is 2. The summed E-state index contributed by atoms with van der Waals surface area (Å²) >= 11 is 0. The van der Waals surface area contributed by atoms with E-state index in [0.717, 1.165) is 22.5 Å². The SMILES string of the molecule is Cc1nn(C)cc1C(=O)N1CC2(C1)OCc1nc(-c3ccccc3)ncc12. The third kappa shape index (κ3) is 2.46. The molecule has 0 unspecified atom stereocenters. The number of likely N-dealkylation sites (tertiary alicyclic amines) is 1. The summed E-state index contributed by atoms with van der Waals surface area (Å²) in [6.07, 6.45) is 3.62. The highest BCUT2D eigenvalue weighted by Gasteiger charge is 2.53. The second-order valence-corrected chi connectivity index (χ2v) is 7.17. The molecule has 136 valence electrons. The van der Waals surface area contributed by atoms with Crippen LogP contribution in [0, 0.1) is 6.92 Å². The zero-order valence-electron chi connectivity index (χ0n) is 15.2. The van der Waals surface area contributed by atoms with Crippen LogP contribution in [-0.2, 0) is 24.0 Å². The highest BCUT2D eigenvalue weighted by molar-refractivity contribution is 5.95. The molecule has 3 aromatic rings. The molecule has 5 rings (SSSR count). The summed E-state index contributed by atoms with van der Waals surface area (Å²) in [6, 6.07) is 9.90. The largest absolute Gasteiger partial charge is 0.360 e. The van der Waals surface area contributed by atoms with E-state index in [1.54, 1.807) is 15.8 Å². The molecule has 1 spiro atoms. The fourth-order valence-corrected chi connectivity index (χ4v) is 3.87. The Hall–Kier alpha value is -3.06. The average Bonchev–Trinajstić information content (AvgIpc) is 3.20. The summed E-state index contributed by atoms with van der Waals surface area (Å²) in [7, 11) is 1.82. The van der Waals surface area contributed by atoms with Crippen LogP contribution >= 0.6 is 0 Å². The number of fused-ring (bicyclic) bond motifs is 2. The van der Waals surface area contributed by atoms with Gasteiger partial charge >= 0.3 is 0 Å². The highest BCUT2D eigenvalue weighted by atomic mass is 16.5. The maximum Gasteiger partial charge on any atom is 0.257 e. The number of nitrogens with zero attached hydrogens (tertiary/aromatic N) is 5. The summed E-state index contributed by atoms with van der Waals surface area (Å²) < 4.78 is 7.74. The van der Waals surface area contributed by atoms with Gasteiger partial charge in [0.2, 0.25) is 0 Å². The van der Waals surface area contributed by atoms with Crippen LogP contribution in [0.25, 0.3) is 11.4 Å². The molecule has 2 aliphatic rings. The normalized spacial score (nSPS) is 17.0. The first kappa shape index (κ1) is 16.1. The van der Waals surface area contributed by atoms with E-state index in [1.807, 2.05) is 50.5 Å². The molecular formula is C20H19N5O2. The van der Waals surface area contributed by atoms with Crippen molar-refractivity contribution in [2.45, 2.75) is 19.1 Å². The number of benzene rings is 1. The fourth-order valence-electron chi connectivity index (χ4n) is 3.87. The molecule has 0 bridgehead atoms. The zero-order valence-corrected chi connectivity index (χ0v) is 15.2. The van der Waals surface area contributed by atoms with Gasteiger partial charge in [0.1, 0.15) is 5.60 Å². The number of carbonyl (C=O) groups is 1. The maximum absolute atomic E-state index is 12.7. The molecule has 1 saturated heterocycles. The molecule has 7 nitrogen and oxygen atoms in total. The van der Waals surface area contributed by atoms with Gasteiger partial charge in [0.15, 0.2) is 5.82 Å². The van der Waals surface area contributed by atoms with Gasteiger partial charge in [-0.2, -0.15) is 5.10 Å². The molecule has 27 heavy (non-hydrogen) atoms. The Balaban J connectivity index is 1.38. The molecule has 4 heterocycles. The number of carbonyl (C=O) groups excluding carboxylic acids is 1. The lowest BCUT2D eigenvalue weighted by Crippen LogP contribution is -2.61. The lowest BCUT2D eigenvalue weighted by Gasteiger charge is -2.47. The minimum absolute atomic E-state index is 0.00917. The topological polar surface area (TPSA) is 73.1 Å². The molecule has 1 fully saturated rings. The van der Waals surface area contributed by atoms with Crippen LogP contribution in [0.2, 0.25) is 0 Å². The zero-order chi connectivity index (χ0) is 18.6. The number of rotatable bonds is 2. The minimum Gasteiger partial charge on any atom is -0.360 e. The monoisotopic (exact) mass is 361 g/mol. The fraction of sp³-hybridized carbons (Fsp3) is 0.300. The number of hydrogen-bond acceptors (Lipinski definition) is 5. The van der Waals surface area contributed by atoms with Crippen LogP contribution in [0.4, 0.5) is 0 Å². The smallest absolute Gasteiger partial charge is 0.257 e. The first-order valence-corrected chi connectivity index (χ1v) is 8.91. The minimum atomic E-state index is -0.476. The summed E-state index contributed by atoms with van der Waals surface area (Å²) in [5, 5.41) is 4.25. The molecule has 2 aliphatic heterocycles. The van der Waals surface area contributed by atoms with Crippen LogP contribution in [0.5, 0.6) is 0 Å². The van der Waals surface area contributed by atoms with Crippen molar-refractivity contribution in [1.82, 2.24) is 24.6 Å². The Morgan fingerprint density at radius 1 is 1.22 bits per heavy atom. The second kappa shape index (κ2) is 5.72. The Morgan fingerprint density at radius 3 is 2.70 bits per heavy atom. The van der Waals surface area contributed by atoms with Gasteiger partial charge in [-0.1, -0.05) is 30.3 Å². The molecule has 0 N–H and O–H groups in total. The molecule has 1 aromatic carbocycles. The van der Waals surface area contributed by atoms with E-state index in [4.69, 9.17) is 9.72 Å². The Labute approximate surface area is 156 Å². The number of aromatic nitrogens is 4. The van der Waals surface area contributed by atoms with Crippen LogP contribution < -0.4 is 0 Å². The number of hydrogen-bond donors (Lipinski definition) is 0. The second-order valence-electron chi connectivity index (χ2n) is 7.17. The predicted molar refractivity (Wildman–Crippen MR) is 97.8 cm³/mol. The van der Waals surface area contributed by atoms with Crippen molar-refractivity contribution in [1.29, 1.82) is 0 Å². The maximum atomic E-state index is 12.7. The lowest BCUT2D eigenvalue weighted by molar-refractivity contribution is -0.126.